The molecule has 0 unspecified atom stereocenters. The van der Waals surface area contributed by atoms with E-state index in [0.29, 0.717) is 0 Å². The van der Waals surface area contributed by atoms with E-state index < -0.39 is 0 Å². The first kappa shape index (κ1) is 6.80. The predicted molar refractivity (Wildman–Crippen MR) is 50.2 cm³/mol. The van der Waals surface area contributed by atoms with Gasteiger partial charge in [0.2, 0.25) is 0 Å². The Morgan fingerprint density at radius 2 is 2.09 bits per heavy atom. The zero-order valence-corrected chi connectivity index (χ0v) is 7.18. The molecule has 1 aromatic carbocycles. The minimum atomic E-state index is 1.01. The Balaban J connectivity index is 2.87. The van der Waals surface area contributed by atoms with Crippen LogP contribution >= 0.6 is 12.6 Å². The zero-order valence-electron chi connectivity index (χ0n) is 6.28. The molecule has 1 heterocycles. The van der Waals surface area contributed by atoms with Crippen LogP contribution in [-0.4, -0.2) is 4.57 Å². The lowest BCUT2D eigenvalue weighted by molar-refractivity contribution is 0.967. The molecule has 0 aliphatic carbocycles. The third-order valence-electron chi connectivity index (χ3n) is 1.87. The van der Waals surface area contributed by atoms with Crippen LogP contribution in [-0.2, 0) is 7.05 Å². The van der Waals surface area contributed by atoms with Crippen LogP contribution in [0.15, 0.2) is 35.4 Å². The van der Waals surface area contributed by atoms with Gasteiger partial charge in [0, 0.05) is 23.7 Å². The van der Waals surface area contributed by atoms with Crippen molar-refractivity contribution in [2.75, 3.05) is 0 Å². The highest BCUT2D eigenvalue weighted by atomic mass is 32.1. The highest BCUT2D eigenvalue weighted by Gasteiger charge is 1.95. The second kappa shape index (κ2) is 2.31. The van der Waals surface area contributed by atoms with Gasteiger partial charge in [0.05, 0.1) is 0 Å². The molecule has 0 spiro atoms. The number of fused-ring (bicyclic) bond motifs is 1. The SMILES string of the molecule is Cn1ccc2ccc(S)cc21. The van der Waals surface area contributed by atoms with Crippen molar-refractivity contribution in [1.82, 2.24) is 4.57 Å². The van der Waals surface area contributed by atoms with Gasteiger partial charge in [-0.15, -0.1) is 12.6 Å². The Bertz CT molecular complexity index is 389. The minimum absolute atomic E-state index is 1.01. The molecular weight excluding hydrogens is 154 g/mol. The van der Waals surface area contributed by atoms with Gasteiger partial charge in [0.1, 0.15) is 0 Å². The lowest BCUT2D eigenvalue weighted by Gasteiger charge is -1.95. The van der Waals surface area contributed by atoms with Gasteiger partial charge in [-0.05, 0) is 23.6 Å². The molecular formula is C9H9NS. The summed E-state index contributed by atoms with van der Waals surface area (Å²) in [5.74, 6) is 0. The summed E-state index contributed by atoms with van der Waals surface area (Å²) >= 11 is 4.27. The summed E-state index contributed by atoms with van der Waals surface area (Å²) < 4.78 is 2.09. The van der Waals surface area contributed by atoms with E-state index in [9.17, 15) is 0 Å². The van der Waals surface area contributed by atoms with Gasteiger partial charge in [-0.1, -0.05) is 6.07 Å². The Morgan fingerprint density at radius 1 is 1.27 bits per heavy atom. The van der Waals surface area contributed by atoms with E-state index in [1.54, 1.807) is 0 Å². The highest BCUT2D eigenvalue weighted by molar-refractivity contribution is 7.80. The number of aromatic nitrogens is 1. The average Bonchev–Trinajstić information content (AvgIpc) is 2.33. The third-order valence-corrected chi connectivity index (χ3v) is 2.15. The number of nitrogens with zero attached hydrogens (tertiary/aromatic N) is 1. The van der Waals surface area contributed by atoms with E-state index in [4.69, 9.17) is 0 Å². The van der Waals surface area contributed by atoms with Crippen LogP contribution in [0.25, 0.3) is 10.9 Å². The van der Waals surface area contributed by atoms with Gasteiger partial charge in [0.15, 0.2) is 0 Å². The number of rotatable bonds is 0. The molecule has 0 amide bonds. The smallest absolute Gasteiger partial charge is 0.0488 e. The van der Waals surface area contributed by atoms with Crippen molar-refractivity contribution in [2.24, 2.45) is 7.05 Å². The van der Waals surface area contributed by atoms with Gasteiger partial charge in [-0.25, -0.2) is 0 Å². The van der Waals surface area contributed by atoms with Crippen LogP contribution < -0.4 is 0 Å². The van der Waals surface area contributed by atoms with Gasteiger partial charge in [-0.2, -0.15) is 0 Å². The van der Waals surface area contributed by atoms with Crippen molar-refractivity contribution >= 4 is 23.5 Å². The molecule has 0 radical (unpaired) electrons. The summed E-state index contributed by atoms with van der Waals surface area (Å²) in [5, 5.41) is 1.27. The van der Waals surface area contributed by atoms with Crippen molar-refractivity contribution < 1.29 is 0 Å². The number of hydrogen-bond acceptors (Lipinski definition) is 1. The van der Waals surface area contributed by atoms with Gasteiger partial charge in [-0.3, -0.25) is 0 Å². The highest BCUT2D eigenvalue weighted by Crippen LogP contribution is 2.17. The fourth-order valence-corrected chi connectivity index (χ4v) is 1.45. The van der Waals surface area contributed by atoms with E-state index >= 15 is 0 Å². The molecule has 56 valence electrons. The Morgan fingerprint density at radius 3 is 2.91 bits per heavy atom. The summed E-state index contributed by atoms with van der Waals surface area (Å²) in [6.07, 6.45) is 2.05. The lowest BCUT2D eigenvalue weighted by Crippen LogP contribution is -1.82. The summed E-state index contributed by atoms with van der Waals surface area (Å²) in [7, 11) is 2.04. The summed E-state index contributed by atoms with van der Waals surface area (Å²) in [6, 6.07) is 8.25. The Labute approximate surface area is 71.1 Å². The van der Waals surface area contributed by atoms with Crippen LogP contribution in [0.3, 0.4) is 0 Å². The Kier molecular flexibility index (Phi) is 1.43. The van der Waals surface area contributed by atoms with Crippen LogP contribution in [0.4, 0.5) is 0 Å². The van der Waals surface area contributed by atoms with Crippen LogP contribution in [0.1, 0.15) is 0 Å². The molecule has 0 N–H and O–H groups in total. The first-order valence-corrected chi connectivity index (χ1v) is 3.96. The monoisotopic (exact) mass is 163 g/mol. The zero-order chi connectivity index (χ0) is 7.84. The second-order valence-corrected chi connectivity index (χ2v) is 3.19. The topological polar surface area (TPSA) is 4.93 Å². The molecule has 0 saturated heterocycles. The predicted octanol–water partition coefficient (Wildman–Crippen LogP) is 2.47. The number of hydrogen-bond donors (Lipinski definition) is 1. The summed E-state index contributed by atoms with van der Waals surface area (Å²) in [6.45, 7) is 0. The first-order valence-electron chi connectivity index (χ1n) is 3.51. The number of thiol groups is 1. The maximum Gasteiger partial charge on any atom is 0.0488 e. The second-order valence-electron chi connectivity index (χ2n) is 2.67. The Hall–Kier alpha value is -0.890. The van der Waals surface area contributed by atoms with Gasteiger partial charge in [0.25, 0.3) is 0 Å². The standard InChI is InChI=1S/C9H9NS/c1-10-5-4-7-2-3-8(11)6-9(7)10/h2-6,11H,1H3. The van der Waals surface area contributed by atoms with Crippen LogP contribution in [0.5, 0.6) is 0 Å². The van der Waals surface area contributed by atoms with E-state index in [1.807, 2.05) is 13.1 Å². The molecule has 2 heteroatoms. The molecule has 2 rings (SSSR count). The minimum Gasteiger partial charge on any atom is -0.351 e. The lowest BCUT2D eigenvalue weighted by atomic mass is 10.2. The molecule has 0 atom stereocenters. The van der Waals surface area contributed by atoms with Crippen molar-refractivity contribution in [3.63, 3.8) is 0 Å². The van der Waals surface area contributed by atoms with Gasteiger partial charge >= 0.3 is 0 Å². The number of benzene rings is 1. The first-order chi connectivity index (χ1) is 5.27. The van der Waals surface area contributed by atoms with E-state index in [-0.39, 0.29) is 0 Å². The molecule has 0 bridgehead atoms. The molecule has 1 aromatic heterocycles. The van der Waals surface area contributed by atoms with E-state index in [1.165, 1.54) is 10.9 Å². The summed E-state index contributed by atoms with van der Waals surface area (Å²) in [4.78, 5) is 1.01. The largest absolute Gasteiger partial charge is 0.351 e. The normalized spacial score (nSPS) is 10.7. The van der Waals surface area contributed by atoms with Crippen molar-refractivity contribution in [3.05, 3.63) is 30.5 Å². The van der Waals surface area contributed by atoms with Crippen LogP contribution in [0.2, 0.25) is 0 Å². The fraction of sp³-hybridized carbons (Fsp3) is 0.111. The molecule has 0 fully saturated rings. The molecule has 2 aromatic rings. The van der Waals surface area contributed by atoms with Crippen molar-refractivity contribution in [2.45, 2.75) is 4.90 Å². The third kappa shape index (κ3) is 1.03. The van der Waals surface area contributed by atoms with E-state index in [0.717, 1.165) is 4.90 Å². The van der Waals surface area contributed by atoms with E-state index in [2.05, 4.69) is 41.6 Å². The van der Waals surface area contributed by atoms with Crippen molar-refractivity contribution in [1.29, 1.82) is 0 Å². The van der Waals surface area contributed by atoms with Crippen molar-refractivity contribution in [3.8, 4) is 0 Å². The molecule has 0 aliphatic heterocycles. The molecule has 0 aliphatic rings. The molecule has 11 heavy (non-hydrogen) atoms. The summed E-state index contributed by atoms with van der Waals surface area (Å²) in [5.41, 5.74) is 1.23. The van der Waals surface area contributed by atoms with Crippen LogP contribution in [0, 0.1) is 0 Å². The maximum absolute atomic E-state index is 4.27. The average molecular weight is 163 g/mol. The fourth-order valence-electron chi connectivity index (χ4n) is 1.25. The quantitative estimate of drug-likeness (QED) is 0.569. The molecule has 1 nitrogen and oxygen atoms in total. The van der Waals surface area contributed by atoms with Gasteiger partial charge < -0.3 is 4.57 Å². The number of aryl methyl sites for hydroxylation is 1. The maximum atomic E-state index is 4.27. The molecule has 0 saturated carbocycles.